The minimum Gasteiger partial charge on any atom is -0.444 e. The summed E-state index contributed by atoms with van der Waals surface area (Å²) >= 11 is 5.86. The minimum atomic E-state index is -0.471. The first-order valence-corrected chi connectivity index (χ1v) is 6.13. The van der Waals surface area contributed by atoms with Crippen LogP contribution in [0.3, 0.4) is 0 Å². The molecule has 0 spiro atoms. The zero-order valence-corrected chi connectivity index (χ0v) is 11.6. The third-order valence-electron chi connectivity index (χ3n) is 1.92. The van der Waals surface area contributed by atoms with E-state index in [4.69, 9.17) is 16.3 Å². The molecule has 0 saturated carbocycles. The van der Waals surface area contributed by atoms with Crippen LogP contribution in [0.15, 0.2) is 30.3 Å². The van der Waals surface area contributed by atoms with E-state index < -0.39 is 11.7 Å². The molecule has 0 unspecified atom stereocenters. The van der Waals surface area contributed by atoms with Gasteiger partial charge in [0.15, 0.2) is 0 Å². The number of amides is 1. The number of benzene rings is 1. The lowest BCUT2D eigenvalue weighted by Crippen LogP contribution is -2.32. The first-order valence-electron chi connectivity index (χ1n) is 5.76. The standard InChI is InChI=1S/C14H18ClNO2/c1-14(2,3)18-13(17)16-9-5-7-11-6-4-8-12(15)10-11/h4-8,10H,9H2,1-3H3,(H,16,17). The lowest BCUT2D eigenvalue weighted by molar-refractivity contribution is 0.0534. The Morgan fingerprint density at radius 1 is 1.44 bits per heavy atom. The van der Waals surface area contributed by atoms with Crippen LogP contribution in [0.4, 0.5) is 4.79 Å². The number of halogens is 1. The predicted molar refractivity (Wildman–Crippen MR) is 74.7 cm³/mol. The summed E-state index contributed by atoms with van der Waals surface area (Å²) in [5.41, 5.74) is 0.522. The van der Waals surface area contributed by atoms with E-state index in [0.717, 1.165) is 5.56 Å². The molecule has 1 amide bonds. The Bertz CT molecular complexity index is 436. The molecule has 3 nitrogen and oxygen atoms in total. The number of carbonyl (C=O) groups excluding carboxylic acids is 1. The van der Waals surface area contributed by atoms with Crippen molar-refractivity contribution in [3.8, 4) is 0 Å². The molecular formula is C14H18ClNO2. The van der Waals surface area contributed by atoms with Gasteiger partial charge in [-0.1, -0.05) is 35.9 Å². The second-order valence-corrected chi connectivity index (χ2v) is 5.28. The summed E-state index contributed by atoms with van der Waals surface area (Å²) in [4.78, 5) is 11.3. The molecule has 0 saturated heterocycles. The monoisotopic (exact) mass is 267 g/mol. The number of alkyl carbamates (subject to hydrolysis) is 1. The van der Waals surface area contributed by atoms with Crippen LogP contribution in [0.25, 0.3) is 6.08 Å². The van der Waals surface area contributed by atoms with E-state index in [1.54, 1.807) is 0 Å². The van der Waals surface area contributed by atoms with Crippen LogP contribution in [-0.2, 0) is 4.74 Å². The van der Waals surface area contributed by atoms with Crippen molar-refractivity contribution < 1.29 is 9.53 Å². The van der Waals surface area contributed by atoms with Gasteiger partial charge in [0.1, 0.15) is 5.60 Å². The van der Waals surface area contributed by atoms with E-state index >= 15 is 0 Å². The molecule has 0 atom stereocenters. The molecule has 0 fully saturated rings. The van der Waals surface area contributed by atoms with Crippen LogP contribution in [0.1, 0.15) is 26.3 Å². The van der Waals surface area contributed by atoms with Crippen molar-refractivity contribution in [2.75, 3.05) is 6.54 Å². The summed E-state index contributed by atoms with van der Waals surface area (Å²) in [7, 11) is 0. The molecule has 0 aliphatic rings. The molecule has 1 aromatic carbocycles. The number of ether oxygens (including phenoxy) is 1. The maximum Gasteiger partial charge on any atom is 0.407 e. The predicted octanol–water partition coefficient (Wildman–Crippen LogP) is 3.88. The maximum atomic E-state index is 11.3. The van der Waals surface area contributed by atoms with Crippen LogP contribution in [0.2, 0.25) is 5.02 Å². The Kier molecular flexibility index (Phi) is 5.23. The summed E-state index contributed by atoms with van der Waals surface area (Å²) in [5, 5.41) is 3.34. The zero-order chi connectivity index (χ0) is 13.6. The summed E-state index contributed by atoms with van der Waals surface area (Å²) in [6.45, 7) is 5.90. The molecule has 18 heavy (non-hydrogen) atoms. The lowest BCUT2D eigenvalue weighted by atomic mass is 10.2. The molecule has 1 rings (SSSR count). The average molecular weight is 268 g/mol. The van der Waals surface area contributed by atoms with Crippen LogP contribution < -0.4 is 5.32 Å². The van der Waals surface area contributed by atoms with Gasteiger partial charge in [0.05, 0.1) is 0 Å². The van der Waals surface area contributed by atoms with Gasteiger partial charge in [-0.15, -0.1) is 0 Å². The fourth-order valence-corrected chi connectivity index (χ4v) is 1.46. The minimum absolute atomic E-state index is 0.418. The van der Waals surface area contributed by atoms with Gasteiger partial charge >= 0.3 is 6.09 Å². The Morgan fingerprint density at radius 3 is 2.78 bits per heavy atom. The molecule has 0 bridgehead atoms. The SMILES string of the molecule is CC(C)(C)OC(=O)NCC=Cc1cccc(Cl)c1. The fourth-order valence-electron chi connectivity index (χ4n) is 1.26. The average Bonchev–Trinajstić information content (AvgIpc) is 2.22. The molecule has 0 heterocycles. The van der Waals surface area contributed by atoms with Crippen molar-refractivity contribution in [2.45, 2.75) is 26.4 Å². The summed E-state index contributed by atoms with van der Waals surface area (Å²) < 4.78 is 5.10. The second-order valence-electron chi connectivity index (χ2n) is 4.84. The number of hydrogen-bond donors (Lipinski definition) is 1. The fraction of sp³-hybridized carbons (Fsp3) is 0.357. The van der Waals surface area contributed by atoms with Gasteiger partial charge in [0.25, 0.3) is 0 Å². The van der Waals surface area contributed by atoms with E-state index in [-0.39, 0.29) is 0 Å². The van der Waals surface area contributed by atoms with E-state index in [1.807, 2.05) is 57.2 Å². The van der Waals surface area contributed by atoms with Crippen LogP contribution in [-0.4, -0.2) is 18.2 Å². The summed E-state index contributed by atoms with van der Waals surface area (Å²) in [6, 6.07) is 7.49. The maximum absolute atomic E-state index is 11.3. The van der Waals surface area contributed by atoms with E-state index in [9.17, 15) is 4.79 Å². The third-order valence-corrected chi connectivity index (χ3v) is 2.16. The van der Waals surface area contributed by atoms with E-state index in [2.05, 4.69) is 5.32 Å². The van der Waals surface area contributed by atoms with Gasteiger partial charge in [-0.05, 0) is 38.5 Å². The van der Waals surface area contributed by atoms with Gasteiger partial charge in [0.2, 0.25) is 0 Å². The van der Waals surface area contributed by atoms with Crippen LogP contribution >= 0.6 is 11.6 Å². The number of rotatable bonds is 3. The molecule has 0 aliphatic heterocycles. The highest BCUT2D eigenvalue weighted by Gasteiger charge is 2.14. The quantitative estimate of drug-likeness (QED) is 0.903. The normalized spacial score (nSPS) is 11.6. The highest BCUT2D eigenvalue weighted by atomic mass is 35.5. The molecule has 4 heteroatoms. The Labute approximate surface area is 113 Å². The van der Waals surface area contributed by atoms with Crippen molar-refractivity contribution >= 4 is 23.8 Å². The summed E-state index contributed by atoms with van der Waals surface area (Å²) in [5.74, 6) is 0. The van der Waals surface area contributed by atoms with Gasteiger partial charge in [-0.3, -0.25) is 0 Å². The molecule has 0 aromatic heterocycles. The van der Waals surface area contributed by atoms with Crippen molar-refractivity contribution in [1.82, 2.24) is 5.32 Å². The van der Waals surface area contributed by atoms with Gasteiger partial charge < -0.3 is 10.1 Å². The molecule has 98 valence electrons. The molecular weight excluding hydrogens is 250 g/mol. The van der Waals surface area contributed by atoms with E-state index in [1.165, 1.54) is 0 Å². The van der Waals surface area contributed by atoms with Crippen molar-refractivity contribution in [1.29, 1.82) is 0 Å². The first kappa shape index (κ1) is 14.6. The molecule has 0 aliphatic carbocycles. The molecule has 1 N–H and O–H groups in total. The first-order chi connectivity index (χ1) is 8.37. The third kappa shape index (κ3) is 6.30. The second kappa shape index (κ2) is 6.45. The smallest absolute Gasteiger partial charge is 0.407 e. The lowest BCUT2D eigenvalue weighted by Gasteiger charge is -2.19. The highest BCUT2D eigenvalue weighted by molar-refractivity contribution is 6.30. The number of nitrogens with one attached hydrogen (secondary N) is 1. The van der Waals surface area contributed by atoms with Crippen molar-refractivity contribution in [2.24, 2.45) is 0 Å². The van der Waals surface area contributed by atoms with Gasteiger partial charge in [-0.25, -0.2) is 4.79 Å². The molecule has 1 aromatic rings. The Balaban J connectivity index is 2.36. The topological polar surface area (TPSA) is 38.3 Å². The van der Waals surface area contributed by atoms with Crippen molar-refractivity contribution in [3.05, 3.63) is 40.9 Å². The van der Waals surface area contributed by atoms with E-state index in [0.29, 0.717) is 11.6 Å². The van der Waals surface area contributed by atoms with Gasteiger partial charge in [-0.2, -0.15) is 0 Å². The van der Waals surface area contributed by atoms with Crippen LogP contribution in [0.5, 0.6) is 0 Å². The Hall–Kier alpha value is -1.48. The Morgan fingerprint density at radius 2 is 2.17 bits per heavy atom. The van der Waals surface area contributed by atoms with Crippen LogP contribution in [0, 0.1) is 0 Å². The van der Waals surface area contributed by atoms with Gasteiger partial charge in [0, 0.05) is 11.6 Å². The largest absolute Gasteiger partial charge is 0.444 e. The number of hydrogen-bond acceptors (Lipinski definition) is 2. The zero-order valence-electron chi connectivity index (χ0n) is 10.9. The number of carbonyl (C=O) groups is 1. The molecule has 0 radical (unpaired) electrons. The summed E-state index contributed by atoms with van der Waals surface area (Å²) in [6.07, 6.45) is 3.32. The van der Waals surface area contributed by atoms with Crippen molar-refractivity contribution in [3.63, 3.8) is 0 Å². The highest BCUT2D eigenvalue weighted by Crippen LogP contribution is 2.11.